The molecule has 3 rings (SSSR count). The van der Waals surface area contributed by atoms with Crippen molar-refractivity contribution in [1.82, 2.24) is 0 Å². The van der Waals surface area contributed by atoms with Crippen LogP contribution in [0.25, 0.3) is 0 Å². The van der Waals surface area contributed by atoms with E-state index in [9.17, 15) is 19.2 Å². The SMILES string of the molecule is CC(=O)CCCCCCCC(=O)OCCC1=C2C3CCC(CCOC(=O)CCCCCCCC(C)=O)(C3)C2CC1. The highest BCUT2D eigenvalue weighted by Crippen LogP contribution is 2.66. The summed E-state index contributed by atoms with van der Waals surface area (Å²) in [4.78, 5) is 46.4. The van der Waals surface area contributed by atoms with Gasteiger partial charge in [0.05, 0.1) is 13.2 Å². The Kier molecular flexibility index (Phi) is 13.9. The standard InChI is InChI=1S/C34H54O6/c1-26(35)13-9-5-3-7-11-15-31(37)39-23-20-28-17-18-30-33(28)29-19-21-34(30,25-29)22-24-40-32(38)16-12-8-4-6-10-14-27(2)36/h29-30H,3-25H2,1-2H3. The molecule has 0 aromatic rings. The third kappa shape index (κ3) is 10.4. The van der Waals surface area contributed by atoms with Crippen molar-refractivity contribution in [1.29, 1.82) is 0 Å². The van der Waals surface area contributed by atoms with Crippen LogP contribution >= 0.6 is 0 Å². The van der Waals surface area contributed by atoms with E-state index in [-0.39, 0.29) is 23.5 Å². The Hall–Kier alpha value is -1.98. The molecular formula is C34H54O6. The molecular weight excluding hydrogens is 504 g/mol. The zero-order chi connectivity index (χ0) is 28.8. The number of hydrogen-bond acceptors (Lipinski definition) is 6. The minimum absolute atomic E-state index is 0.0645. The quantitative estimate of drug-likeness (QED) is 0.0760. The van der Waals surface area contributed by atoms with Crippen LogP contribution in [0.3, 0.4) is 0 Å². The highest BCUT2D eigenvalue weighted by molar-refractivity contribution is 5.75. The first-order valence-electron chi connectivity index (χ1n) is 16.3. The van der Waals surface area contributed by atoms with E-state index < -0.39 is 0 Å². The van der Waals surface area contributed by atoms with Crippen LogP contribution in [-0.4, -0.2) is 36.7 Å². The maximum absolute atomic E-state index is 12.3. The summed E-state index contributed by atoms with van der Waals surface area (Å²) in [5.74, 6) is 1.68. The molecule has 3 unspecified atom stereocenters. The van der Waals surface area contributed by atoms with Crippen LogP contribution in [0.5, 0.6) is 0 Å². The van der Waals surface area contributed by atoms with Gasteiger partial charge in [0, 0.05) is 32.1 Å². The van der Waals surface area contributed by atoms with E-state index >= 15 is 0 Å². The fourth-order valence-corrected chi connectivity index (χ4v) is 7.63. The van der Waals surface area contributed by atoms with Gasteiger partial charge < -0.3 is 19.1 Å². The van der Waals surface area contributed by atoms with E-state index in [0.717, 1.165) is 83.5 Å². The van der Waals surface area contributed by atoms with E-state index in [1.807, 2.05) is 0 Å². The molecule has 2 saturated carbocycles. The first kappa shape index (κ1) is 32.5. The van der Waals surface area contributed by atoms with Crippen LogP contribution in [0.15, 0.2) is 11.1 Å². The molecule has 0 N–H and O–H groups in total. The highest BCUT2D eigenvalue weighted by atomic mass is 16.5. The number of hydrogen-bond donors (Lipinski definition) is 0. The van der Waals surface area contributed by atoms with Gasteiger partial charge >= 0.3 is 11.9 Å². The second-order valence-electron chi connectivity index (χ2n) is 12.8. The number of esters is 2. The molecule has 226 valence electrons. The van der Waals surface area contributed by atoms with Crippen LogP contribution < -0.4 is 0 Å². The summed E-state index contributed by atoms with van der Waals surface area (Å²) in [5.41, 5.74) is 3.51. The maximum atomic E-state index is 12.3. The maximum Gasteiger partial charge on any atom is 0.305 e. The van der Waals surface area contributed by atoms with Crippen molar-refractivity contribution in [2.24, 2.45) is 17.3 Å². The molecule has 0 spiro atoms. The smallest absolute Gasteiger partial charge is 0.305 e. The fourth-order valence-electron chi connectivity index (χ4n) is 7.63. The molecule has 0 aromatic carbocycles. The molecule has 3 aliphatic carbocycles. The minimum Gasteiger partial charge on any atom is -0.466 e. The summed E-state index contributed by atoms with van der Waals surface area (Å²) in [6, 6.07) is 0. The van der Waals surface area contributed by atoms with Gasteiger partial charge in [-0.05, 0) is 95.3 Å². The van der Waals surface area contributed by atoms with Gasteiger partial charge in [-0.25, -0.2) is 0 Å². The monoisotopic (exact) mass is 558 g/mol. The van der Waals surface area contributed by atoms with Crippen molar-refractivity contribution in [3.05, 3.63) is 11.1 Å². The van der Waals surface area contributed by atoms with Gasteiger partial charge in [-0.15, -0.1) is 0 Å². The van der Waals surface area contributed by atoms with Crippen LogP contribution in [0.2, 0.25) is 0 Å². The van der Waals surface area contributed by atoms with Crippen molar-refractivity contribution in [3.63, 3.8) is 0 Å². The number of Topliss-reactive ketones (excluding diaryl/α,β-unsaturated/α-hetero) is 2. The fraction of sp³-hybridized carbons (Fsp3) is 0.824. The van der Waals surface area contributed by atoms with Crippen LogP contribution in [0, 0.1) is 17.3 Å². The lowest BCUT2D eigenvalue weighted by Gasteiger charge is -2.34. The average molecular weight is 559 g/mol. The van der Waals surface area contributed by atoms with E-state index in [1.165, 1.54) is 31.3 Å². The van der Waals surface area contributed by atoms with Crippen LogP contribution in [0.1, 0.15) is 149 Å². The molecule has 6 nitrogen and oxygen atoms in total. The first-order valence-corrected chi connectivity index (χ1v) is 16.3. The molecule has 6 heteroatoms. The number of carbonyl (C=O) groups is 4. The predicted octanol–water partition coefficient (Wildman–Crippen LogP) is 8.00. The molecule has 3 atom stereocenters. The van der Waals surface area contributed by atoms with Gasteiger partial charge in [0.1, 0.15) is 11.6 Å². The first-order chi connectivity index (χ1) is 19.3. The van der Waals surface area contributed by atoms with E-state index in [1.54, 1.807) is 19.4 Å². The zero-order valence-corrected chi connectivity index (χ0v) is 25.4. The van der Waals surface area contributed by atoms with Crippen LogP contribution in [-0.2, 0) is 28.7 Å². The number of rotatable bonds is 22. The van der Waals surface area contributed by atoms with Gasteiger partial charge in [0.15, 0.2) is 0 Å². The lowest BCUT2D eigenvalue weighted by atomic mass is 9.71. The van der Waals surface area contributed by atoms with Gasteiger partial charge in [0.25, 0.3) is 0 Å². The van der Waals surface area contributed by atoms with Gasteiger partial charge in [-0.1, -0.05) is 49.7 Å². The topological polar surface area (TPSA) is 86.7 Å². The molecule has 0 radical (unpaired) electrons. The number of unbranched alkanes of at least 4 members (excludes halogenated alkanes) is 8. The van der Waals surface area contributed by atoms with Crippen LogP contribution in [0.4, 0.5) is 0 Å². The molecule has 0 heterocycles. The average Bonchev–Trinajstić information content (AvgIpc) is 3.60. The Balaban J connectivity index is 1.28. The zero-order valence-electron chi connectivity index (χ0n) is 25.4. The van der Waals surface area contributed by atoms with Crippen molar-refractivity contribution >= 4 is 23.5 Å². The molecule has 0 saturated heterocycles. The lowest BCUT2D eigenvalue weighted by molar-refractivity contribution is -0.145. The summed E-state index contributed by atoms with van der Waals surface area (Å²) >= 11 is 0. The van der Waals surface area contributed by atoms with Crippen molar-refractivity contribution < 1.29 is 28.7 Å². The Labute approximate surface area is 242 Å². The molecule has 0 aromatic heterocycles. The number of allylic oxidation sites excluding steroid dienone is 1. The number of ketones is 2. The van der Waals surface area contributed by atoms with Gasteiger partial charge in [-0.2, -0.15) is 0 Å². The largest absolute Gasteiger partial charge is 0.466 e. The molecule has 2 bridgehead atoms. The Morgan fingerprint density at radius 2 is 1.23 bits per heavy atom. The Morgan fingerprint density at radius 1 is 0.700 bits per heavy atom. The summed E-state index contributed by atoms with van der Waals surface area (Å²) in [6.07, 6.45) is 20.2. The minimum atomic E-state index is -0.0805. The second-order valence-corrected chi connectivity index (χ2v) is 12.8. The predicted molar refractivity (Wildman–Crippen MR) is 157 cm³/mol. The summed E-state index contributed by atoms with van der Waals surface area (Å²) in [7, 11) is 0. The highest BCUT2D eigenvalue weighted by Gasteiger charge is 2.56. The normalized spacial score (nSPS) is 22.9. The Bertz CT molecular complexity index is 889. The molecule has 0 amide bonds. The van der Waals surface area contributed by atoms with Crippen molar-refractivity contribution in [2.75, 3.05) is 13.2 Å². The van der Waals surface area contributed by atoms with Gasteiger partial charge in [0.2, 0.25) is 0 Å². The van der Waals surface area contributed by atoms with E-state index in [2.05, 4.69) is 0 Å². The van der Waals surface area contributed by atoms with Gasteiger partial charge in [-0.3, -0.25) is 9.59 Å². The lowest BCUT2D eigenvalue weighted by Crippen LogP contribution is -2.27. The number of fused-ring (bicyclic) bond motifs is 5. The molecule has 3 aliphatic rings. The molecule has 0 aliphatic heterocycles. The van der Waals surface area contributed by atoms with E-state index in [0.29, 0.717) is 56.1 Å². The third-order valence-corrected chi connectivity index (χ3v) is 9.69. The summed E-state index contributed by atoms with van der Waals surface area (Å²) < 4.78 is 11.3. The molecule has 40 heavy (non-hydrogen) atoms. The third-order valence-electron chi connectivity index (χ3n) is 9.69. The summed E-state index contributed by atoms with van der Waals surface area (Å²) in [5, 5.41) is 0. The van der Waals surface area contributed by atoms with Crippen molar-refractivity contribution in [2.45, 2.75) is 149 Å². The summed E-state index contributed by atoms with van der Waals surface area (Å²) in [6.45, 7) is 4.32. The number of carbonyl (C=O) groups excluding carboxylic acids is 4. The molecule has 2 fully saturated rings. The number of ether oxygens (including phenoxy) is 2. The Morgan fingerprint density at radius 3 is 1.80 bits per heavy atom. The van der Waals surface area contributed by atoms with Crippen molar-refractivity contribution in [3.8, 4) is 0 Å². The van der Waals surface area contributed by atoms with E-state index in [4.69, 9.17) is 9.47 Å². The second kappa shape index (κ2) is 17.1.